The molecule has 0 aromatic heterocycles. The Morgan fingerprint density at radius 2 is 1.95 bits per heavy atom. The highest BCUT2D eigenvalue weighted by atomic mass is 16.6. The van der Waals surface area contributed by atoms with Gasteiger partial charge in [0, 0.05) is 19.1 Å². The van der Waals surface area contributed by atoms with Crippen molar-refractivity contribution in [2.75, 3.05) is 19.7 Å². The highest BCUT2D eigenvalue weighted by Crippen LogP contribution is 2.12. The molecule has 4 amide bonds. The largest absolute Gasteiger partial charge is 0.450 e. The van der Waals surface area contributed by atoms with Crippen LogP contribution in [-0.4, -0.2) is 54.7 Å². The molecule has 20 heavy (non-hydrogen) atoms. The molecular formula is C12H22N4O4. The maximum atomic E-state index is 11.5. The first-order valence-corrected chi connectivity index (χ1v) is 6.72. The number of nitrogens with zero attached hydrogens (tertiary/aromatic N) is 1. The first-order valence-electron chi connectivity index (χ1n) is 6.72. The second-order valence-electron chi connectivity index (χ2n) is 4.70. The van der Waals surface area contributed by atoms with E-state index in [0.29, 0.717) is 19.7 Å². The molecule has 0 bridgehead atoms. The SMILES string of the molecule is CCOC(=O)N1CCC(NC(C)C(=O)NC(N)=O)CC1. The molecule has 1 saturated heterocycles. The average Bonchev–Trinajstić information content (AvgIpc) is 2.39. The fourth-order valence-electron chi connectivity index (χ4n) is 2.10. The van der Waals surface area contributed by atoms with E-state index < -0.39 is 18.0 Å². The number of nitrogens with two attached hydrogens (primary N) is 1. The van der Waals surface area contributed by atoms with Gasteiger partial charge in [-0.3, -0.25) is 10.1 Å². The van der Waals surface area contributed by atoms with Crippen LogP contribution in [0, 0.1) is 0 Å². The predicted molar refractivity (Wildman–Crippen MR) is 71.9 cm³/mol. The number of ether oxygens (including phenoxy) is 1. The molecule has 4 N–H and O–H groups in total. The van der Waals surface area contributed by atoms with Crippen LogP contribution >= 0.6 is 0 Å². The molecule has 0 spiro atoms. The van der Waals surface area contributed by atoms with Gasteiger partial charge in [0.2, 0.25) is 5.91 Å². The molecule has 114 valence electrons. The first kappa shape index (κ1) is 16.2. The number of piperidine rings is 1. The van der Waals surface area contributed by atoms with Crippen LogP contribution < -0.4 is 16.4 Å². The van der Waals surface area contributed by atoms with E-state index in [0.717, 1.165) is 12.8 Å². The molecule has 0 radical (unpaired) electrons. The van der Waals surface area contributed by atoms with E-state index >= 15 is 0 Å². The van der Waals surface area contributed by atoms with Gasteiger partial charge in [-0.25, -0.2) is 9.59 Å². The lowest BCUT2D eigenvalue weighted by molar-refractivity contribution is -0.121. The minimum absolute atomic E-state index is 0.120. The van der Waals surface area contributed by atoms with Gasteiger partial charge in [0.15, 0.2) is 0 Å². The van der Waals surface area contributed by atoms with Gasteiger partial charge in [-0.15, -0.1) is 0 Å². The molecule has 1 atom stereocenters. The molecule has 0 aliphatic carbocycles. The smallest absolute Gasteiger partial charge is 0.409 e. The molecule has 1 heterocycles. The van der Waals surface area contributed by atoms with Gasteiger partial charge >= 0.3 is 12.1 Å². The fraction of sp³-hybridized carbons (Fsp3) is 0.750. The van der Waals surface area contributed by atoms with E-state index in [1.54, 1.807) is 18.7 Å². The average molecular weight is 286 g/mol. The Morgan fingerprint density at radius 3 is 2.45 bits per heavy atom. The minimum Gasteiger partial charge on any atom is -0.450 e. The van der Waals surface area contributed by atoms with Gasteiger partial charge in [-0.05, 0) is 26.7 Å². The van der Waals surface area contributed by atoms with Crippen LogP contribution in [0.3, 0.4) is 0 Å². The third-order valence-electron chi connectivity index (χ3n) is 3.15. The van der Waals surface area contributed by atoms with E-state index in [-0.39, 0.29) is 12.1 Å². The Labute approximate surface area is 118 Å². The molecule has 1 fully saturated rings. The van der Waals surface area contributed by atoms with Crippen molar-refractivity contribution in [2.45, 2.75) is 38.8 Å². The molecule has 0 saturated carbocycles. The molecular weight excluding hydrogens is 264 g/mol. The summed E-state index contributed by atoms with van der Waals surface area (Å²) in [5, 5.41) is 5.15. The number of carbonyl (C=O) groups excluding carboxylic acids is 3. The van der Waals surface area contributed by atoms with Crippen LogP contribution in [0.4, 0.5) is 9.59 Å². The Bertz CT molecular complexity index is 366. The second-order valence-corrected chi connectivity index (χ2v) is 4.70. The number of hydrogen-bond donors (Lipinski definition) is 3. The van der Waals surface area contributed by atoms with E-state index in [2.05, 4.69) is 5.32 Å². The molecule has 1 aliphatic heterocycles. The Hall–Kier alpha value is -1.83. The number of hydrogen-bond acceptors (Lipinski definition) is 5. The number of urea groups is 1. The molecule has 8 nitrogen and oxygen atoms in total. The lowest BCUT2D eigenvalue weighted by Gasteiger charge is -2.32. The summed E-state index contributed by atoms with van der Waals surface area (Å²) >= 11 is 0. The molecule has 1 unspecified atom stereocenters. The number of likely N-dealkylation sites (tertiary alicyclic amines) is 1. The van der Waals surface area contributed by atoms with E-state index in [1.165, 1.54) is 0 Å². The third kappa shape index (κ3) is 5.04. The van der Waals surface area contributed by atoms with Crippen molar-refractivity contribution in [3.05, 3.63) is 0 Å². The highest BCUT2D eigenvalue weighted by molar-refractivity contribution is 5.96. The maximum absolute atomic E-state index is 11.5. The number of amides is 4. The number of imide groups is 1. The van der Waals surface area contributed by atoms with Crippen LogP contribution in [0.1, 0.15) is 26.7 Å². The number of nitrogens with one attached hydrogen (secondary N) is 2. The standard InChI is InChI=1S/C12H22N4O4/c1-3-20-12(19)16-6-4-9(5-7-16)14-8(2)10(17)15-11(13)18/h8-9,14H,3-7H2,1-2H3,(H3,13,15,17,18). The topological polar surface area (TPSA) is 114 Å². The quantitative estimate of drug-likeness (QED) is 0.661. The summed E-state index contributed by atoms with van der Waals surface area (Å²) in [5.41, 5.74) is 4.89. The monoisotopic (exact) mass is 286 g/mol. The summed E-state index contributed by atoms with van der Waals surface area (Å²) in [4.78, 5) is 35.3. The molecule has 8 heteroatoms. The number of primary amides is 1. The Balaban J connectivity index is 2.33. The first-order chi connectivity index (χ1) is 9.43. The zero-order valence-corrected chi connectivity index (χ0v) is 11.8. The van der Waals surface area contributed by atoms with Crippen molar-refractivity contribution in [3.63, 3.8) is 0 Å². The van der Waals surface area contributed by atoms with Crippen molar-refractivity contribution in [2.24, 2.45) is 5.73 Å². The zero-order chi connectivity index (χ0) is 15.1. The van der Waals surface area contributed by atoms with Crippen molar-refractivity contribution in [3.8, 4) is 0 Å². The second kappa shape index (κ2) is 7.68. The van der Waals surface area contributed by atoms with Gasteiger partial charge in [0.1, 0.15) is 0 Å². The molecule has 0 aromatic carbocycles. The Morgan fingerprint density at radius 1 is 1.35 bits per heavy atom. The van der Waals surface area contributed by atoms with E-state index in [9.17, 15) is 14.4 Å². The fourth-order valence-corrected chi connectivity index (χ4v) is 2.10. The Kier molecular flexibility index (Phi) is 6.23. The van der Waals surface area contributed by atoms with Crippen molar-refractivity contribution < 1.29 is 19.1 Å². The van der Waals surface area contributed by atoms with Gasteiger partial charge in [0.05, 0.1) is 12.6 Å². The van der Waals surface area contributed by atoms with Gasteiger partial charge < -0.3 is 20.7 Å². The molecule has 1 aliphatic rings. The normalized spacial score (nSPS) is 17.4. The molecule has 0 aromatic rings. The number of carbonyl (C=O) groups is 3. The van der Waals surface area contributed by atoms with Gasteiger partial charge in [-0.1, -0.05) is 0 Å². The third-order valence-corrected chi connectivity index (χ3v) is 3.15. The summed E-state index contributed by atoms with van der Waals surface area (Å²) < 4.78 is 4.93. The van der Waals surface area contributed by atoms with Crippen molar-refractivity contribution in [1.29, 1.82) is 0 Å². The van der Waals surface area contributed by atoms with Gasteiger partial charge in [-0.2, -0.15) is 0 Å². The van der Waals surface area contributed by atoms with Crippen LogP contribution in [0.15, 0.2) is 0 Å². The minimum atomic E-state index is -0.860. The summed E-state index contributed by atoms with van der Waals surface area (Å²) in [7, 11) is 0. The van der Waals surface area contributed by atoms with Crippen LogP contribution in [0.2, 0.25) is 0 Å². The van der Waals surface area contributed by atoms with E-state index in [4.69, 9.17) is 10.5 Å². The summed E-state index contributed by atoms with van der Waals surface area (Å²) in [6.45, 7) is 4.96. The lowest BCUT2D eigenvalue weighted by atomic mass is 10.0. The summed E-state index contributed by atoms with van der Waals surface area (Å²) in [6, 6.07) is -1.25. The lowest BCUT2D eigenvalue weighted by Crippen LogP contribution is -2.52. The van der Waals surface area contributed by atoms with E-state index in [1.807, 2.05) is 5.32 Å². The highest BCUT2D eigenvalue weighted by Gasteiger charge is 2.26. The predicted octanol–water partition coefficient (Wildman–Crippen LogP) is -0.220. The van der Waals surface area contributed by atoms with Crippen molar-refractivity contribution in [1.82, 2.24) is 15.5 Å². The zero-order valence-electron chi connectivity index (χ0n) is 11.8. The van der Waals surface area contributed by atoms with Crippen LogP contribution in [0.25, 0.3) is 0 Å². The number of rotatable bonds is 4. The van der Waals surface area contributed by atoms with Gasteiger partial charge in [0.25, 0.3) is 0 Å². The van der Waals surface area contributed by atoms with Crippen LogP contribution in [0.5, 0.6) is 0 Å². The summed E-state index contributed by atoms with van der Waals surface area (Å²) in [6.07, 6.45) is 1.16. The molecule has 1 rings (SSSR count). The van der Waals surface area contributed by atoms with Crippen molar-refractivity contribution >= 4 is 18.0 Å². The maximum Gasteiger partial charge on any atom is 0.409 e. The summed E-state index contributed by atoms with van der Waals surface area (Å²) in [5.74, 6) is -0.453. The van der Waals surface area contributed by atoms with Crippen LogP contribution in [-0.2, 0) is 9.53 Å².